The Morgan fingerprint density at radius 3 is 2.59 bits per heavy atom. The van der Waals surface area contributed by atoms with Crippen LogP contribution >= 0.6 is 11.8 Å². The number of amides is 1. The largest absolute Gasteiger partial charge is 0.330 e. The number of nitrogens with two attached hydrogens (primary N) is 2. The number of nitrogens with one attached hydrogen (secondary N) is 1. The highest BCUT2D eigenvalue weighted by atomic mass is 32.2. The summed E-state index contributed by atoms with van der Waals surface area (Å²) in [6.07, 6.45) is 0.881. The Balaban J connectivity index is 2.78. The molecule has 94 valence electrons. The molecule has 2 atom stereocenters. The van der Waals surface area contributed by atoms with Crippen molar-refractivity contribution in [3.05, 3.63) is 35.9 Å². The van der Waals surface area contributed by atoms with Crippen LogP contribution in [0.15, 0.2) is 30.3 Å². The molecule has 1 aromatic carbocycles. The third-order valence-corrected chi connectivity index (χ3v) is 3.88. The molecule has 0 aliphatic heterocycles. The molecule has 5 N–H and O–H groups in total. The van der Waals surface area contributed by atoms with E-state index < -0.39 is 0 Å². The van der Waals surface area contributed by atoms with E-state index in [1.54, 1.807) is 11.8 Å². The Hall–Kier alpha value is -1.04. The summed E-state index contributed by atoms with van der Waals surface area (Å²) in [5, 5.41) is 0.0465. The van der Waals surface area contributed by atoms with Gasteiger partial charge >= 0.3 is 0 Å². The van der Waals surface area contributed by atoms with Crippen LogP contribution in [0.5, 0.6) is 0 Å². The first-order valence-electron chi connectivity index (χ1n) is 5.60. The Morgan fingerprint density at radius 1 is 1.41 bits per heavy atom. The fraction of sp³-hybridized carbons (Fsp3) is 0.417. The third-order valence-electron chi connectivity index (χ3n) is 2.42. The van der Waals surface area contributed by atoms with Gasteiger partial charge in [-0.05, 0) is 18.5 Å². The highest BCUT2D eigenvalue weighted by Gasteiger charge is 2.22. The van der Waals surface area contributed by atoms with Gasteiger partial charge < -0.3 is 5.73 Å². The lowest BCUT2D eigenvalue weighted by Crippen LogP contribution is -2.34. The Labute approximate surface area is 106 Å². The molecule has 0 aromatic heterocycles. The van der Waals surface area contributed by atoms with Crippen molar-refractivity contribution in [2.45, 2.75) is 23.8 Å². The van der Waals surface area contributed by atoms with Gasteiger partial charge in [-0.2, -0.15) is 0 Å². The molecule has 0 saturated carbocycles. The zero-order chi connectivity index (χ0) is 12.7. The zero-order valence-corrected chi connectivity index (χ0v) is 10.7. The van der Waals surface area contributed by atoms with Gasteiger partial charge in [0.25, 0.3) is 5.91 Å². The molecule has 0 heterocycles. The molecule has 1 aromatic rings. The van der Waals surface area contributed by atoms with Crippen molar-refractivity contribution in [1.29, 1.82) is 0 Å². The second kappa shape index (κ2) is 7.32. The Kier molecular flexibility index (Phi) is 6.04. The number of benzene rings is 1. The minimum atomic E-state index is -0.275. The maximum absolute atomic E-state index is 11.8. The molecular formula is C12H19N3OS. The van der Waals surface area contributed by atoms with Gasteiger partial charge in [0.15, 0.2) is 0 Å². The van der Waals surface area contributed by atoms with Gasteiger partial charge in [0.1, 0.15) is 5.25 Å². The van der Waals surface area contributed by atoms with Crippen LogP contribution in [0.3, 0.4) is 0 Å². The van der Waals surface area contributed by atoms with Gasteiger partial charge in [-0.3, -0.25) is 10.2 Å². The monoisotopic (exact) mass is 253 g/mol. The highest BCUT2D eigenvalue weighted by Crippen LogP contribution is 2.33. The topological polar surface area (TPSA) is 81.1 Å². The molecular weight excluding hydrogens is 234 g/mol. The van der Waals surface area contributed by atoms with Gasteiger partial charge in [-0.15, -0.1) is 11.8 Å². The van der Waals surface area contributed by atoms with Crippen LogP contribution in [-0.4, -0.2) is 17.7 Å². The van der Waals surface area contributed by atoms with Crippen molar-refractivity contribution in [2.24, 2.45) is 11.6 Å². The standard InChI is InChI=1S/C12H19N3OS/c1-9(7-8-13)17-11(12(16)15-14)10-5-3-2-4-6-10/h2-6,9,11H,7-8,13-14H2,1H3,(H,15,16). The summed E-state index contributed by atoms with van der Waals surface area (Å²) in [7, 11) is 0. The lowest BCUT2D eigenvalue weighted by atomic mass is 10.1. The number of carbonyl (C=O) groups is 1. The van der Waals surface area contributed by atoms with Crippen molar-refractivity contribution in [1.82, 2.24) is 5.43 Å². The molecule has 17 heavy (non-hydrogen) atoms. The first-order chi connectivity index (χ1) is 8.19. The minimum absolute atomic E-state index is 0.176. The SMILES string of the molecule is CC(CCN)SC(C(=O)NN)c1ccccc1. The van der Waals surface area contributed by atoms with Crippen LogP contribution in [0.4, 0.5) is 0 Å². The lowest BCUT2D eigenvalue weighted by Gasteiger charge is -2.19. The van der Waals surface area contributed by atoms with E-state index in [0.717, 1.165) is 12.0 Å². The second-order valence-electron chi connectivity index (χ2n) is 3.82. The smallest absolute Gasteiger partial charge is 0.251 e. The average molecular weight is 253 g/mol. The first kappa shape index (κ1) is 14.0. The predicted octanol–water partition coefficient (Wildman–Crippen LogP) is 1.19. The van der Waals surface area contributed by atoms with Crippen LogP contribution in [0.1, 0.15) is 24.2 Å². The van der Waals surface area contributed by atoms with Crippen LogP contribution in [0.2, 0.25) is 0 Å². The van der Waals surface area contributed by atoms with E-state index in [9.17, 15) is 4.79 Å². The van der Waals surface area contributed by atoms with E-state index in [1.165, 1.54) is 0 Å². The number of hydrazine groups is 1. The summed E-state index contributed by atoms with van der Waals surface area (Å²) in [5.41, 5.74) is 8.70. The van der Waals surface area contributed by atoms with Gasteiger partial charge in [0.05, 0.1) is 0 Å². The Bertz CT molecular complexity index is 345. The fourth-order valence-corrected chi connectivity index (χ4v) is 2.77. The summed E-state index contributed by atoms with van der Waals surface area (Å²) in [5.74, 6) is 5.05. The maximum atomic E-state index is 11.8. The van der Waals surface area contributed by atoms with E-state index in [-0.39, 0.29) is 11.2 Å². The molecule has 0 radical (unpaired) electrons. The molecule has 4 nitrogen and oxygen atoms in total. The van der Waals surface area contributed by atoms with E-state index in [0.29, 0.717) is 11.8 Å². The van der Waals surface area contributed by atoms with Gasteiger partial charge in [0.2, 0.25) is 0 Å². The Morgan fingerprint density at radius 2 is 2.06 bits per heavy atom. The predicted molar refractivity (Wildman–Crippen MR) is 72.2 cm³/mol. The summed E-state index contributed by atoms with van der Waals surface area (Å²) in [4.78, 5) is 11.8. The molecule has 0 aliphatic rings. The molecule has 0 bridgehead atoms. The van der Waals surface area contributed by atoms with Gasteiger partial charge in [0, 0.05) is 5.25 Å². The molecule has 0 spiro atoms. The quantitative estimate of drug-likeness (QED) is 0.404. The van der Waals surface area contributed by atoms with E-state index in [2.05, 4.69) is 12.3 Å². The molecule has 0 fully saturated rings. The number of hydrogen-bond acceptors (Lipinski definition) is 4. The average Bonchev–Trinajstić information content (AvgIpc) is 2.36. The number of thioether (sulfide) groups is 1. The summed E-state index contributed by atoms with van der Waals surface area (Å²) < 4.78 is 0. The van der Waals surface area contributed by atoms with E-state index in [4.69, 9.17) is 11.6 Å². The van der Waals surface area contributed by atoms with Crippen LogP contribution < -0.4 is 17.0 Å². The molecule has 5 heteroatoms. The van der Waals surface area contributed by atoms with Crippen LogP contribution in [0.25, 0.3) is 0 Å². The normalized spacial score (nSPS) is 14.1. The zero-order valence-electron chi connectivity index (χ0n) is 9.93. The van der Waals surface area contributed by atoms with Gasteiger partial charge in [-0.25, -0.2) is 5.84 Å². The van der Waals surface area contributed by atoms with E-state index >= 15 is 0 Å². The van der Waals surface area contributed by atoms with Crippen molar-refractivity contribution >= 4 is 17.7 Å². The molecule has 1 amide bonds. The van der Waals surface area contributed by atoms with Crippen molar-refractivity contribution in [2.75, 3.05) is 6.54 Å². The number of carbonyl (C=O) groups excluding carboxylic acids is 1. The summed E-state index contributed by atoms with van der Waals surface area (Å²) in [6.45, 7) is 2.69. The molecule has 0 saturated heterocycles. The first-order valence-corrected chi connectivity index (χ1v) is 6.54. The third kappa shape index (κ3) is 4.38. The summed E-state index contributed by atoms with van der Waals surface area (Å²) in [6, 6.07) is 9.62. The summed E-state index contributed by atoms with van der Waals surface area (Å²) >= 11 is 1.58. The van der Waals surface area contributed by atoms with Crippen molar-refractivity contribution < 1.29 is 4.79 Å². The van der Waals surface area contributed by atoms with E-state index in [1.807, 2.05) is 30.3 Å². The molecule has 0 aliphatic carbocycles. The van der Waals surface area contributed by atoms with Crippen molar-refractivity contribution in [3.63, 3.8) is 0 Å². The lowest BCUT2D eigenvalue weighted by molar-refractivity contribution is -0.120. The van der Waals surface area contributed by atoms with Crippen molar-refractivity contribution in [3.8, 4) is 0 Å². The van der Waals surface area contributed by atoms with Crippen LogP contribution in [0, 0.1) is 0 Å². The molecule has 2 unspecified atom stereocenters. The maximum Gasteiger partial charge on any atom is 0.251 e. The fourth-order valence-electron chi connectivity index (χ4n) is 1.53. The highest BCUT2D eigenvalue weighted by molar-refractivity contribution is 8.00. The number of hydrogen-bond donors (Lipinski definition) is 3. The molecule has 1 rings (SSSR count). The number of rotatable bonds is 6. The van der Waals surface area contributed by atoms with Gasteiger partial charge in [-0.1, -0.05) is 37.3 Å². The second-order valence-corrected chi connectivity index (χ2v) is 5.37. The minimum Gasteiger partial charge on any atom is -0.330 e. The van der Waals surface area contributed by atoms with Crippen LogP contribution in [-0.2, 0) is 4.79 Å².